The van der Waals surface area contributed by atoms with Crippen LogP contribution in [-0.4, -0.2) is 37.7 Å². The van der Waals surface area contributed by atoms with Crippen LogP contribution in [0.15, 0.2) is 18.2 Å². The molecule has 1 fully saturated rings. The maximum Gasteiger partial charge on any atom is 0.123 e. The van der Waals surface area contributed by atoms with E-state index in [0.717, 1.165) is 5.75 Å². The number of aryl methyl sites for hydroxylation is 1. The maximum atomic E-state index is 5.61. The zero-order valence-electron chi connectivity index (χ0n) is 14.2. The lowest BCUT2D eigenvalue weighted by molar-refractivity contribution is 0.0624. The molecule has 2 rings (SSSR count). The van der Waals surface area contributed by atoms with E-state index in [0.29, 0.717) is 0 Å². The van der Waals surface area contributed by atoms with Crippen molar-refractivity contribution in [2.75, 3.05) is 27.2 Å². The zero-order chi connectivity index (χ0) is 15.5. The summed E-state index contributed by atoms with van der Waals surface area (Å²) in [7, 11) is 3.81. The van der Waals surface area contributed by atoms with Gasteiger partial charge in [0.2, 0.25) is 0 Å². The molecule has 0 aromatic heterocycles. The van der Waals surface area contributed by atoms with Crippen molar-refractivity contribution in [1.29, 1.82) is 0 Å². The third-order valence-electron chi connectivity index (χ3n) is 4.86. The first-order chi connectivity index (χ1) is 10.0. The number of ether oxygens (including phenoxy) is 1. The van der Waals surface area contributed by atoms with Crippen LogP contribution in [-0.2, 0) is 0 Å². The molecule has 118 valence electrons. The summed E-state index contributed by atoms with van der Waals surface area (Å²) in [6, 6.07) is 6.71. The Morgan fingerprint density at radius 3 is 2.43 bits per heavy atom. The number of nitrogens with one attached hydrogen (secondary N) is 1. The average molecular weight is 290 g/mol. The Bertz CT molecular complexity index is 464. The third kappa shape index (κ3) is 3.41. The monoisotopic (exact) mass is 290 g/mol. The molecule has 3 nitrogen and oxygen atoms in total. The number of methoxy groups -OCH3 is 1. The number of rotatable bonds is 5. The molecule has 1 N–H and O–H groups in total. The van der Waals surface area contributed by atoms with Gasteiger partial charge in [0.05, 0.1) is 13.2 Å². The van der Waals surface area contributed by atoms with Gasteiger partial charge in [-0.2, -0.15) is 0 Å². The second-order valence-electron chi connectivity index (χ2n) is 6.67. The molecule has 1 atom stereocenters. The summed E-state index contributed by atoms with van der Waals surface area (Å²) in [6.07, 6.45) is 3.99. The van der Waals surface area contributed by atoms with Gasteiger partial charge in [-0.3, -0.25) is 4.90 Å². The molecule has 1 unspecified atom stereocenters. The van der Waals surface area contributed by atoms with Crippen LogP contribution in [0.25, 0.3) is 0 Å². The van der Waals surface area contributed by atoms with Gasteiger partial charge in [0.1, 0.15) is 5.75 Å². The normalized spacial score (nSPS) is 18.5. The predicted molar refractivity (Wildman–Crippen MR) is 89.0 cm³/mol. The molecule has 1 aromatic carbocycles. The van der Waals surface area contributed by atoms with Crippen LogP contribution in [0.5, 0.6) is 5.75 Å². The average Bonchev–Trinajstić information content (AvgIpc) is 2.49. The number of hydrogen-bond acceptors (Lipinski definition) is 3. The largest absolute Gasteiger partial charge is 0.496 e. The smallest absolute Gasteiger partial charge is 0.123 e. The summed E-state index contributed by atoms with van der Waals surface area (Å²) in [6.45, 7) is 9.23. The first-order valence-electron chi connectivity index (χ1n) is 8.07. The zero-order valence-corrected chi connectivity index (χ0v) is 14.2. The fourth-order valence-electron chi connectivity index (χ4n) is 3.62. The van der Waals surface area contributed by atoms with Crippen molar-refractivity contribution in [3.05, 3.63) is 29.3 Å². The molecule has 0 saturated carbocycles. The number of hydrogen-bond donors (Lipinski definition) is 1. The highest BCUT2D eigenvalue weighted by molar-refractivity contribution is 5.40. The van der Waals surface area contributed by atoms with Crippen molar-refractivity contribution < 1.29 is 4.74 Å². The lowest BCUT2D eigenvalue weighted by Gasteiger charge is -2.46. The lowest BCUT2D eigenvalue weighted by atomic mass is 9.84. The van der Waals surface area contributed by atoms with Crippen LogP contribution in [0, 0.1) is 6.92 Å². The number of nitrogens with zero attached hydrogens (tertiary/aromatic N) is 1. The third-order valence-corrected chi connectivity index (χ3v) is 4.86. The molecule has 0 bridgehead atoms. The minimum absolute atomic E-state index is 0.0657. The lowest BCUT2D eigenvalue weighted by Crippen LogP contribution is -2.53. The van der Waals surface area contributed by atoms with Crippen molar-refractivity contribution in [1.82, 2.24) is 10.2 Å². The molecular formula is C18H30N2O. The molecule has 1 heterocycles. The van der Waals surface area contributed by atoms with Crippen molar-refractivity contribution in [3.8, 4) is 5.75 Å². The van der Waals surface area contributed by atoms with E-state index in [1.165, 1.54) is 43.5 Å². The van der Waals surface area contributed by atoms with E-state index >= 15 is 0 Å². The highest BCUT2D eigenvalue weighted by Crippen LogP contribution is 2.37. The standard InChI is InChI=1S/C18H30N2O/c1-14-9-10-16(21-5)15(13-14)17(19-4)18(2,3)20-11-7-6-8-12-20/h9-10,13,17,19H,6-8,11-12H2,1-5H3. The Kier molecular flexibility index (Phi) is 5.28. The van der Waals surface area contributed by atoms with E-state index < -0.39 is 0 Å². The highest BCUT2D eigenvalue weighted by atomic mass is 16.5. The summed E-state index contributed by atoms with van der Waals surface area (Å²) >= 11 is 0. The van der Waals surface area contributed by atoms with Gasteiger partial charge >= 0.3 is 0 Å². The van der Waals surface area contributed by atoms with Crippen LogP contribution in [0.4, 0.5) is 0 Å². The van der Waals surface area contributed by atoms with Crippen molar-refractivity contribution >= 4 is 0 Å². The van der Waals surface area contributed by atoms with Crippen LogP contribution in [0.3, 0.4) is 0 Å². The molecule has 0 spiro atoms. The summed E-state index contributed by atoms with van der Waals surface area (Å²) in [4.78, 5) is 2.62. The number of benzene rings is 1. The molecule has 3 heteroatoms. The van der Waals surface area contributed by atoms with Gasteiger partial charge < -0.3 is 10.1 Å². The van der Waals surface area contributed by atoms with Gasteiger partial charge in [0, 0.05) is 11.1 Å². The molecule has 1 aromatic rings. The Morgan fingerprint density at radius 1 is 1.19 bits per heavy atom. The Balaban J connectivity index is 2.35. The van der Waals surface area contributed by atoms with Crippen molar-refractivity contribution in [2.45, 2.75) is 51.6 Å². The van der Waals surface area contributed by atoms with Gasteiger partial charge in [0.25, 0.3) is 0 Å². The Labute approximate surface area is 129 Å². The summed E-state index contributed by atoms with van der Waals surface area (Å²) < 4.78 is 5.61. The number of likely N-dealkylation sites (tertiary alicyclic amines) is 1. The first-order valence-corrected chi connectivity index (χ1v) is 8.07. The van der Waals surface area contributed by atoms with Crippen molar-refractivity contribution in [2.24, 2.45) is 0 Å². The fourth-order valence-corrected chi connectivity index (χ4v) is 3.62. The minimum Gasteiger partial charge on any atom is -0.496 e. The van der Waals surface area contributed by atoms with E-state index in [-0.39, 0.29) is 11.6 Å². The molecule has 1 aliphatic rings. The highest BCUT2D eigenvalue weighted by Gasteiger charge is 2.37. The molecule has 1 saturated heterocycles. The van der Waals surface area contributed by atoms with Crippen LogP contribution < -0.4 is 10.1 Å². The van der Waals surface area contributed by atoms with Crippen LogP contribution in [0.1, 0.15) is 50.3 Å². The summed E-state index contributed by atoms with van der Waals surface area (Å²) in [5, 5.41) is 3.54. The van der Waals surface area contributed by atoms with Crippen LogP contribution in [0.2, 0.25) is 0 Å². The summed E-state index contributed by atoms with van der Waals surface area (Å²) in [5.41, 5.74) is 2.60. The SMILES string of the molecule is CNC(c1cc(C)ccc1OC)C(C)(C)N1CCCCC1. The topological polar surface area (TPSA) is 24.5 Å². The Morgan fingerprint density at radius 2 is 1.86 bits per heavy atom. The van der Waals surface area contributed by atoms with E-state index in [4.69, 9.17) is 4.74 Å². The molecule has 0 radical (unpaired) electrons. The Hall–Kier alpha value is -1.06. The van der Waals surface area contributed by atoms with Crippen LogP contribution >= 0.6 is 0 Å². The van der Waals surface area contributed by atoms with E-state index in [9.17, 15) is 0 Å². The minimum atomic E-state index is 0.0657. The molecule has 0 aliphatic carbocycles. The molecule has 1 aliphatic heterocycles. The molecule has 0 amide bonds. The van der Waals surface area contributed by atoms with E-state index in [1.54, 1.807) is 7.11 Å². The van der Waals surface area contributed by atoms with Gasteiger partial charge in [-0.1, -0.05) is 24.1 Å². The van der Waals surface area contributed by atoms with Gasteiger partial charge in [-0.05, 0) is 59.8 Å². The maximum absolute atomic E-state index is 5.61. The summed E-state index contributed by atoms with van der Waals surface area (Å²) in [5.74, 6) is 0.977. The second-order valence-corrected chi connectivity index (χ2v) is 6.67. The quantitative estimate of drug-likeness (QED) is 0.898. The fraction of sp³-hybridized carbons (Fsp3) is 0.667. The first kappa shape index (κ1) is 16.3. The second kappa shape index (κ2) is 6.80. The van der Waals surface area contributed by atoms with Gasteiger partial charge in [-0.25, -0.2) is 0 Å². The van der Waals surface area contributed by atoms with Gasteiger partial charge in [-0.15, -0.1) is 0 Å². The molecular weight excluding hydrogens is 260 g/mol. The molecule has 21 heavy (non-hydrogen) atoms. The number of likely N-dealkylation sites (N-methyl/N-ethyl adjacent to an activating group) is 1. The number of piperidine rings is 1. The predicted octanol–water partition coefficient (Wildman–Crippen LogP) is 3.53. The van der Waals surface area contributed by atoms with Gasteiger partial charge in [0.15, 0.2) is 0 Å². The van der Waals surface area contributed by atoms with E-state index in [2.05, 4.69) is 56.2 Å². The van der Waals surface area contributed by atoms with E-state index in [1.807, 2.05) is 0 Å². The van der Waals surface area contributed by atoms with Crippen molar-refractivity contribution in [3.63, 3.8) is 0 Å².